The number of allylic oxidation sites excluding steroid dienone is 10. The van der Waals surface area contributed by atoms with Crippen molar-refractivity contribution in [2.24, 2.45) is 0 Å². The molecule has 0 aliphatic heterocycles. The maximum Gasteiger partial charge on any atom is 0.306 e. The van der Waals surface area contributed by atoms with Gasteiger partial charge in [0.15, 0.2) is 12.4 Å². The number of aliphatic carboxylic acids is 1. The van der Waals surface area contributed by atoms with Crippen LogP contribution in [0.3, 0.4) is 0 Å². The van der Waals surface area contributed by atoms with E-state index in [4.69, 9.17) is 18.9 Å². The van der Waals surface area contributed by atoms with Gasteiger partial charge in [-0.15, -0.1) is 0 Å². The van der Waals surface area contributed by atoms with Gasteiger partial charge in [0.05, 0.1) is 40.3 Å². The van der Waals surface area contributed by atoms with Gasteiger partial charge >= 0.3 is 11.9 Å². The molecule has 0 aromatic heterocycles. The normalized spacial score (nSPS) is 13.2. The van der Waals surface area contributed by atoms with Crippen LogP contribution in [-0.4, -0.2) is 82.3 Å². The highest BCUT2D eigenvalue weighted by molar-refractivity contribution is 5.70. The molecular weight excluding hydrogens is 887 g/mol. The number of ether oxygens (including phenoxy) is 4. The van der Waals surface area contributed by atoms with Gasteiger partial charge in [-0.1, -0.05) is 229 Å². The zero-order valence-electron chi connectivity index (χ0n) is 46.8. The van der Waals surface area contributed by atoms with Crippen LogP contribution in [0.25, 0.3) is 0 Å². The fourth-order valence-corrected chi connectivity index (χ4v) is 8.23. The van der Waals surface area contributed by atoms with Crippen LogP contribution in [0, 0.1) is 0 Å². The smallest absolute Gasteiger partial charge is 0.306 e. The van der Waals surface area contributed by atoms with E-state index in [0.29, 0.717) is 17.4 Å². The summed E-state index contributed by atoms with van der Waals surface area (Å²) in [5.74, 6) is -2.32. The molecule has 2 unspecified atom stereocenters. The van der Waals surface area contributed by atoms with Crippen molar-refractivity contribution in [1.29, 1.82) is 0 Å². The molecule has 0 radical (unpaired) electrons. The van der Waals surface area contributed by atoms with E-state index in [2.05, 4.69) is 74.6 Å². The summed E-state index contributed by atoms with van der Waals surface area (Å²) < 4.78 is 22.6. The number of nitrogens with zero attached hydrogens (tertiary/aromatic N) is 1. The van der Waals surface area contributed by atoms with Crippen LogP contribution in [-0.2, 0) is 33.3 Å². The van der Waals surface area contributed by atoms with Crippen molar-refractivity contribution in [3.63, 3.8) is 0 Å². The molecule has 0 aromatic carbocycles. The summed E-state index contributed by atoms with van der Waals surface area (Å²) in [6.45, 7) is 4.60. The first-order chi connectivity index (χ1) is 34.6. The second-order valence-electron chi connectivity index (χ2n) is 20.9. The summed E-state index contributed by atoms with van der Waals surface area (Å²) in [5, 5.41) is 11.7. The molecule has 0 spiro atoms. The lowest BCUT2D eigenvalue weighted by Gasteiger charge is -2.26. The van der Waals surface area contributed by atoms with Crippen molar-refractivity contribution < 1.29 is 42.9 Å². The zero-order valence-corrected chi connectivity index (χ0v) is 46.8. The molecule has 0 saturated carbocycles. The van der Waals surface area contributed by atoms with Crippen molar-refractivity contribution in [2.45, 2.75) is 270 Å². The first kappa shape index (κ1) is 68.0. The van der Waals surface area contributed by atoms with Gasteiger partial charge in [-0.25, -0.2) is 0 Å². The number of unbranched alkanes of at least 4 members (excludes halogenated alkanes) is 29. The van der Waals surface area contributed by atoms with Gasteiger partial charge < -0.3 is 33.3 Å². The first-order valence-corrected chi connectivity index (χ1v) is 29.4. The molecule has 412 valence electrons. The van der Waals surface area contributed by atoms with Crippen molar-refractivity contribution >= 4 is 17.9 Å². The van der Waals surface area contributed by atoms with E-state index in [1.54, 1.807) is 0 Å². The number of carboxylic acids is 1. The summed E-state index contributed by atoms with van der Waals surface area (Å²) >= 11 is 0. The minimum Gasteiger partial charge on any atom is -0.545 e. The molecule has 0 aromatic rings. The van der Waals surface area contributed by atoms with E-state index >= 15 is 0 Å². The Labute approximate surface area is 437 Å². The SMILES string of the molecule is CC/C=C\C/C=C\C/C=C\CCCCCC(=O)OC(COC(=O)CCCCCCCCCCCCCCCCCCCCCCC/C=C\C/C=C\CCCCCCC)COC(OCC[N+](C)(C)C)C(=O)[O-]. The molecule has 0 amide bonds. The van der Waals surface area contributed by atoms with Gasteiger partial charge in [0.25, 0.3) is 0 Å². The molecule has 0 aliphatic carbocycles. The highest BCUT2D eigenvalue weighted by Gasteiger charge is 2.22. The van der Waals surface area contributed by atoms with Crippen LogP contribution >= 0.6 is 0 Å². The van der Waals surface area contributed by atoms with E-state index in [9.17, 15) is 19.5 Å². The lowest BCUT2D eigenvalue weighted by molar-refractivity contribution is -0.870. The van der Waals surface area contributed by atoms with Crippen molar-refractivity contribution in [1.82, 2.24) is 0 Å². The van der Waals surface area contributed by atoms with E-state index in [0.717, 1.165) is 64.2 Å². The molecule has 2 atom stereocenters. The number of carbonyl (C=O) groups excluding carboxylic acids is 3. The van der Waals surface area contributed by atoms with Crippen LogP contribution in [0.2, 0.25) is 0 Å². The van der Waals surface area contributed by atoms with Crippen LogP contribution in [0.15, 0.2) is 60.8 Å². The van der Waals surface area contributed by atoms with E-state index in [1.807, 2.05) is 21.1 Å². The van der Waals surface area contributed by atoms with Gasteiger partial charge in [-0.05, 0) is 77.0 Å². The van der Waals surface area contributed by atoms with Gasteiger partial charge in [0.1, 0.15) is 13.2 Å². The van der Waals surface area contributed by atoms with Gasteiger partial charge in [-0.3, -0.25) is 9.59 Å². The Hall–Kier alpha value is -3.01. The van der Waals surface area contributed by atoms with Gasteiger partial charge in [-0.2, -0.15) is 0 Å². The Morgan fingerprint density at radius 1 is 0.437 bits per heavy atom. The third-order valence-electron chi connectivity index (χ3n) is 12.7. The lowest BCUT2D eigenvalue weighted by atomic mass is 10.0. The predicted octanol–water partition coefficient (Wildman–Crippen LogP) is 15.9. The number of rotatable bonds is 54. The average Bonchev–Trinajstić information content (AvgIpc) is 3.34. The van der Waals surface area contributed by atoms with Crippen LogP contribution < -0.4 is 5.11 Å². The molecule has 0 N–H and O–H groups in total. The monoisotopic (exact) mass is 998 g/mol. The van der Waals surface area contributed by atoms with E-state index in [1.165, 1.54) is 161 Å². The summed E-state index contributed by atoms with van der Waals surface area (Å²) in [6, 6.07) is 0. The minimum atomic E-state index is -1.63. The Kier molecular flexibility index (Phi) is 51.0. The summed E-state index contributed by atoms with van der Waals surface area (Å²) in [5.41, 5.74) is 0. The molecule has 0 heterocycles. The molecule has 0 fully saturated rings. The standard InChI is InChI=1S/C62H111NO8/c1-6-8-10-12-14-16-18-20-21-22-23-24-25-26-27-28-29-30-31-32-33-34-35-36-37-38-39-41-42-44-46-48-50-52-59(64)69-56-58(57-70-62(61(66)67)68-55-54-63(3,4)5)71-60(65)53-51-49-47-45-43-40-19-17-15-13-11-9-7-2/h9,11,15,17-18,20,22-23,40,43,58,62H,6-8,10,12-14,16,19,21,24-39,41-42,44-57H2,1-5H3/b11-9-,17-15-,20-18-,23-22-,43-40-. The Morgan fingerprint density at radius 2 is 0.803 bits per heavy atom. The predicted molar refractivity (Wildman–Crippen MR) is 297 cm³/mol. The van der Waals surface area contributed by atoms with Gasteiger partial charge in [0.2, 0.25) is 0 Å². The number of hydrogen-bond acceptors (Lipinski definition) is 8. The number of likely N-dealkylation sites (N-methyl/N-ethyl adjacent to an activating group) is 1. The number of esters is 2. The first-order valence-electron chi connectivity index (χ1n) is 29.4. The number of carbonyl (C=O) groups is 3. The zero-order chi connectivity index (χ0) is 52.0. The highest BCUT2D eigenvalue weighted by Crippen LogP contribution is 2.17. The molecule has 0 rings (SSSR count). The van der Waals surface area contributed by atoms with Crippen molar-refractivity contribution in [2.75, 3.05) is 47.5 Å². The highest BCUT2D eigenvalue weighted by atomic mass is 16.7. The Morgan fingerprint density at radius 3 is 1.21 bits per heavy atom. The summed E-state index contributed by atoms with van der Waals surface area (Å²) in [7, 11) is 5.91. The van der Waals surface area contributed by atoms with E-state index in [-0.39, 0.29) is 38.6 Å². The number of quaternary nitrogens is 1. The molecule has 0 saturated heterocycles. The van der Waals surface area contributed by atoms with Gasteiger partial charge in [0, 0.05) is 12.8 Å². The second kappa shape index (κ2) is 53.3. The van der Waals surface area contributed by atoms with Crippen LogP contribution in [0.4, 0.5) is 0 Å². The molecular formula is C62H111NO8. The largest absolute Gasteiger partial charge is 0.545 e. The van der Waals surface area contributed by atoms with Crippen molar-refractivity contribution in [3.05, 3.63) is 60.8 Å². The average molecular weight is 999 g/mol. The molecule has 9 nitrogen and oxygen atoms in total. The second-order valence-corrected chi connectivity index (χ2v) is 20.9. The Bertz CT molecular complexity index is 1350. The molecule has 9 heteroatoms. The quantitative estimate of drug-likeness (QED) is 0.0195. The number of hydrogen-bond donors (Lipinski definition) is 0. The summed E-state index contributed by atoms with van der Waals surface area (Å²) in [4.78, 5) is 37.2. The topological polar surface area (TPSA) is 111 Å². The van der Waals surface area contributed by atoms with Crippen molar-refractivity contribution in [3.8, 4) is 0 Å². The third kappa shape index (κ3) is 54.6. The Balaban J connectivity index is 4.04. The lowest BCUT2D eigenvalue weighted by Crippen LogP contribution is -2.44. The maximum absolute atomic E-state index is 12.8. The summed E-state index contributed by atoms with van der Waals surface area (Å²) in [6.07, 6.45) is 64.5. The number of carboxylic acid groups (broad SMARTS) is 1. The fourth-order valence-electron chi connectivity index (χ4n) is 8.23. The maximum atomic E-state index is 12.8. The molecule has 71 heavy (non-hydrogen) atoms. The van der Waals surface area contributed by atoms with E-state index < -0.39 is 24.3 Å². The third-order valence-corrected chi connectivity index (χ3v) is 12.7. The van der Waals surface area contributed by atoms with Crippen LogP contribution in [0.5, 0.6) is 0 Å². The fraction of sp³-hybridized carbons (Fsp3) is 0.790. The molecule has 0 aliphatic rings. The minimum absolute atomic E-state index is 0.141. The molecule has 0 bridgehead atoms. The van der Waals surface area contributed by atoms with Crippen LogP contribution in [0.1, 0.15) is 258 Å².